The first-order valence-corrected chi connectivity index (χ1v) is 10.9. The highest BCUT2D eigenvalue weighted by molar-refractivity contribution is 6.28. The number of halogens is 1. The molecule has 0 radical (unpaired) electrons. The number of fused-ring (bicyclic) bond motifs is 1. The lowest BCUT2D eigenvalue weighted by molar-refractivity contribution is 0.243. The van der Waals surface area contributed by atoms with Crippen molar-refractivity contribution in [3.8, 4) is 0 Å². The monoisotopic (exact) mass is 399 g/mol. The van der Waals surface area contributed by atoms with Crippen LogP contribution in [0.4, 0.5) is 5.82 Å². The van der Waals surface area contributed by atoms with Crippen LogP contribution in [0.15, 0.2) is 30.3 Å². The molecule has 150 valence electrons. The Balaban J connectivity index is 1.33. The standard InChI is InChI=1S/C22H30ClN5/c23-22-26-20-11-14-28(15-17-7-2-1-3-8-17)16-19(20)21(27-22)25-13-6-12-24-18-9-4-5-10-18/h1-3,7-8,18,24H,4-6,9-16H2,(H,25,26,27). The summed E-state index contributed by atoms with van der Waals surface area (Å²) in [5.41, 5.74) is 3.64. The second-order valence-electron chi connectivity index (χ2n) is 7.93. The topological polar surface area (TPSA) is 53.1 Å². The molecule has 2 heterocycles. The second kappa shape index (κ2) is 9.68. The van der Waals surface area contributed by atoms with Crippen molar-refractivity contribution in [1.82, 2.24) is 20.2 Å². The molecule has 0 amide bonds. The average molecular weight is 400 g/mol. The smallest absolute Gasteiger partial charge is 0.224 e. The summed E-state index contributed by atoms with van der Waals surface area (Å²) in [6.45, 7) is 4.77. The number of aromatic nitrogens is 2. The van der Waals surface area contributed by atoms with Gasteiger partial charge in [0.2, 0.25) is 5.28 Å². The molecule has 2 N–H and O–H groups in total. The van der Waals surface area contributed by atoms with Gasteiger partial charge in [-0.25, -0.2) is 9.97 Å². The minimum Gasteiger partial charge on any atom is -0.370 e. The van der Waals surface area contributed by atoms with Crippen LogP contribution in [0.1, 0.15) is 48.9 Å². The molecule has 0 unspecified atom stereocenters. The molecule has 1 aromatic carbocycles. The largest absolute Gasteiger partial charge is 0.370 e. The van der Waals surface area contributed by atoms with Gasteiger partial charge in [-0.1, -0.05) is 43.2 Å². The van der Waals surface area contributed by atoms with Crippen LogP contribution in [0.3, 0.4) is 0 Å². The van der Waals surface area contributed by atoms with E-state index in [1.807, 2.05) is 0 Å². The van der Waals surface area contributed by atoms with Crippen LogP contribution in [0.2, 0.25) is 5.28 Å². The van der Waals surface area contributed by atoms with Gasteiger partial charge in [0.1, 0.15) is 5.82 Å². The van der Waals surface area contributed by atoms with Gasteiger partial charge in [-0.05, 0) is 43.0 Å². The SMILES string of the molecule is Clc1nc2c(c(NCCCNC3CCCC3)n1)CN(Cc1ccccc1)CC2. The number of nitrogens with zero attached hydrogens (tertiary/aromatic N) is 3. The van der Waals surface area contributed by atoms with E-state index in [4.69, 9.17) is 11.6 Å². The number of nitrogens with one attached hydrogen (secondary N) is 2. The summed E-state index contributed by atoms with van der Waals surface area (Å²) in [4.78, 5) is 11.4. The molecule has 1 fully saturated rings. The van der Waals surface area contributed by atoms with Crippen LogP contribution >= 0.6 is 11.6 Å². The number of rotatable bonds is 8. The average Bonchev–Trinajstić information content (AvgIpc) is 3.22. The molecule has 0 bridgehead atoms. The molecule has 1 aliphatic heterocycles. The van der Waals surface area contributed by atoms with E-state index in [1.54, 1.807) is 0 Å². The molecular weight excluding hydrogens is 370 g/mol. The summed E-state index contributed by atoms with van der Waals surface area (Å²) in [5, 5.41) is 7.54. The Morgan fingerprint density at radius 1 is 1.07 bits per heavy atom. The van der Waals surface area contributed by atoms with E-state index >= 15 is 0 Å². The van der Waals surface area contributed by atoms with Crippen LogP contribution in [0, 0.1) is 0 Å². The molecule has 2 aliphatic rings. The fourth-order valence-electron chi connectivity index (χ4n) is 4.29. The van der Waals surface area contributed by atoms with Crippen LogP contribution in [-0.2, 0) is 19.5 Å². The van der Waals surface area contributed by atoms with Crippen molar-refractivity contribution >= 4 is 17.4 Å². The normalized spacial score (nSPS) is 17.6. The third-order valence-corrected chi connectivity index (χ3v) is 5.96. The summed E-state index contributed by atoms with van der Waals surface area (Å²) >= 11 is 6.19. The van der Waals surface area contributed by atoms with Crippen molar-refractivity contribution < 1.29 is 0 Å². The first-order valence-electron chi connectivity index (χ1n) is 10.6. The van der Waals surface area contributed by atoms with Crippen molar-refractivity contribution in [2.24, 2.45) is 0 Å². The van der Waals surface area contributed by atoms with Gasteiger partial charge in [0.05, 0.1) is 5.69 Å². The first kappa shape index (κ1) is 19.6. The molecule has 2 aromatic rings. The molecule has 1 aromatic heterocycles. The number of hydrogen-bond donors (Lipinski definition) is 2. The molecule has 28 heavy (non-hydrogen) atoms. The Morgan fingerprint density at radius 3 is 2.71 bits per heavy atom. The maximum absolute atomic E-state index is 6.19. The molecule has 0 atom stereocenters. The van der Waals surface area contributed by atoms with Gasteiger partial charge in [-0.3, -0.25) is 4.90 Å². The zero-order valence-electron chi connectivity index (χ0n) is 16.5. The highest BCUT2D eigenvalue weighted by Gasteiger charge is 2.22. The lowest BCUT2D eigenvalue weighted by Gasteiger charge is -2.29. The molecule has 1 saturated carbocycles. The molecule has 0 saturated heterocycles. The van der Waals surface area contributed by atoms with E-state index < -0.39 is 0 Å². The van der Waals surface area contributed by atoms with E-state index in [1.165, 1.54) is 36.8 Å². The fraction of sp³-hybridized carbons (Fsp3) is 0.545. The van der Waals surface area contributed by atoms with Crippen molar-refractivity contribution in [2.45, 2.75) is 57.7 Å². The van der Waals surface area contributed by atoms with Crippen LogP contribution in [-0.4, -0.2) is 40.5 Å². The third-order valence-electron chi connectivity index (χ3n) is 5.80. The van der Waals surface area contributed by atoms with Gasteiger partial charge in [0.15, 0.2) is 0 Å². The Labute approximate surface area is 172 Å². The maximum Gasteiger partial charge on any atom is 0.224 e. The van der Waals surface area contributed by atoms with Gasteiger partial charge >= 0.3 is 0 Å². The number of hydrogen-bond acceptors (Lipinski definition) is 5. The zero-order chi connectivity index (χ0) is 19.2. The minimum absolute atomic E-state index is 0.349. The van der Waals surface area contributed by atoms with Crippen LogP contribution in [0.25, 0.3) is 0 Å². The number of benzene rings is 1. The second-order valence-corrected chi connectivity index (χ2v) is 8.27. The van der Waals surface area contributed by atoms with E-state index in [9.17, 15) is 0 Å². The van der Waals surface area contributed by atoms with E-state index in [0.29, 0.717) is 5.28 Å². The van der Waals surface area contributed by atoms with Crippen molar-refractivity contribution in [2.75, 3.05) is 25.0 Å². The van der Waals surface area contributed by atoms with Crippen molar-refractivity contribution in [3.05, 3.63) is 52.4 Å². The predicted molar refractivity (Wildman–Crippen MR) is 115 cm³/mol. The summed E-state index contributed by atoms with van der Waals surface area (Å²) in [7, 11) is 0. The van der Waals surface area contributed by atoms with Gasteiger partial charge in [0, 0.05) is 44.2 Å². The quantitative estimate of drug-likeness (QED) is 0.518. The van der Waals surface area contributed by atoms with Gasteiger partial charge in [-0.15, -0.1) is 0 Å². The highest BCUT2D eigenvalue weighted by atomic mass is 35.5. The van der Waals surface area contributed by atoms with E-state index in [2.05, 4.69) is 55.8 Å². The van der Waals surface area contributed by atoms with Crippen LogP contribution in [0.5, 0.6) is 0 Å². The Bertz CT molecular complexity index is 761. The molecule has 5 nitrogen and oxygen atoms in total. The molecule has 0 spiro atoms. The predicted octanol–water partition coefficient (Wildman–Crippen LogP) is 4.02. The van der Waals surface area contributed by atoms with Gasteiger partial charge in [0.25, 0.3) is 0 Å². The third kappa shape index (κ3) is 5.22. The molecule has 6 heteroatoms. The first-order chi connectivity index (χ1) is 13.8. The molecule has 1 aliphatic carbocycles. The van der Waals surface area contributed by atoms with Crippen LogP contribution < -0.4 is 10.6 Å². The summed E-state index contributed by atoms with van der Waals surface area (Å²) in [5.74, 6) is 0.911. The summed E-state index contributed by atoms with van der Waals surface area (Å²) in [6.07, 6.45) is 7.42. The van der Waals surface area contributed by atoms with Gasteiger partial charge in [-0.2, -0.15) is 0 Å². The van der Waals surface area contributed by atoms with E-state index in [0.717, 1.165) is 63.1 Å². The lowest BCUT2D eigenvalue weighted by Crippen LogP contribution is -2.32. The fourth-order valence-corrected chi connectivity index (χ4v) is 4.48. The van der Waals surface area contributed by atoms with Gasteiger partial charge < -0.3 is 10.6 Å². The lowest BCUT2D eigenvalue weighted by atomic mass is 10.1. The Morgan fingerprint density at radius 2 is 1.89 bits per heavy atom. The van der Waals surface area contributed by atoms with Crippen molar-refractivity contribution in [3.63, 3.8) is 0 Å². The Hall–Kier alpha value is -1.69. The summed E-state index contributed by atoms with van der Waals surface area (Å²) < 4.78 is 0. The zero-order valence-corrected chi connectivity index (χ0v) is 17.2. The molecule has 4 rings (SSSR count). The van der Waals surface area contributed by atoms with E-state index in [-0.39, 0.29) is 0 Å². The number of anilines is 1. The minimum atomic E-state index is 0.349. The van der Waals surface area contributed by atoms with Crippen molar-refractivity contribution in [1.29, 1.82) is 0 Å². The summed E-state index contributed by atoms with van der Waals surface area (Å²) in [6, 6.07) is 11.4. The Kier molecular flexibility index (Phi) is 6.78. The highest BCUT2D eigenvalue weighted by Crippen LogP contribution is 2.26. The maximum atomic E-state index is 6.19. The molecular formula is C22H30ClN5.